The molecule has 1 N–H and O–H groups in total. The minimum Gasteiger partial charge on any atom is -0.333 e. The molecule has 0 aliphatic rings. The predicted octanol–water partition coefficient (Wildman–Crippen LogP) is 4.33. The number of carbonyl (C=O) groups is 2. The van der Waals surface area contributed by atoms with Crippen molar-refractivity contribution in [3.8, 4) is 0 Å². The third kappa shape index (κ3) is 5.76. The molecule has 2 amide bonds. The van der Waals surface area contributed by atoms with Crippen LogP contribution in [0.3, 0.4) is 0 Å². The number of hydrogen-bond acceptors (Lipinski definition) is 2. The first-order valence-electron chi connectivity index (χ1n) is 7.91. The van der Waals surface area contributed by atoms with Crippen LogP contribution >= 0.6 is 23.2 Å². The first-order chi connectivity index (χ1) is 11.9. The van der Waals surface area contributed by atoms with E-state index in [9.17, 15) is 9.59 Å². The van der Waals surface area contributed by atoms with Crippen LogP contribution in [0.15, 0.2) is 42.5 Å². The normalized spacial score (nSPS) is 10.4. The summed E-state index contributed by atoms with van der Waals surface area (Å²) in [4.78, 5) is 25.6. The summed E-state index contributed by atoms with van der Waals surface area (Å²) in [7, 11) is 0. The molecule has 4 nitrogen and oxygen atoms in total. The molecule has 0 bridgehead atoms. The number of carbonyl (C=O) groups excluding carboxylic acids is 2. The van der Waals surface area contributed by atoms with E-state index in [4.69, 9.17) is 23.2 Å². The van der Waals surface area contributed by atoms with Crippen LogP contribution in [0.25, 0.3) is 0 Å². The largest absolute Gasteiger partial charge is 0.333 e. The van der Waals surface area contributed by atoms with Crippen LogP contribution in [-0.2, 0) is 16.0 Å². The second kappa shape index (κ2) is 8.88. The molecule has 0 aliphatic heterocycles. The zero-order chi connectivity index (χ0) is 18.4. The van der Waals surface area contributed by atoms with E-state index >= 15 is 0 Å². The summed E-state index contributed by atoms with van der Waals surface area (Å²) in [6.45, 7) is 3.72. The fourth-order valence-corrected chi connectivity index (χ4v) is 2.80. The Morgan fingerprint density at radius 2 is 1.84 bits per heavy atom. The van der Waals surface area contributed by atoms with Crippen LogP contribution in [-0.4, -0.2) is 29.8 Å². The van der Waals surface area contributed by atoms with Crippen molar-refractivity contribution in [3.63, 3.8) is 0 Å². The number of hydrogen-bond donors (Lipinski definition) is 1. The second-order valence-corrected chi connectivity index (χ2v) is 6.62. The molecule has 0 spiro atoms. The van der Waals surface area contributed by atoms with Gasteiger partial charge in [0.2, 0.25) is 11.8 Å². The fraction of sp³-hybridized carbons (Fsp3) is 0.263. The Balaban J connectivity index is 1.97. The molecule has 0 heterocycles. The Morgan fingerprint density at radius 3 is 2.52 bits per heavy atom. The standard InChI is InChI=1S/C19H20Cl2N2O2/c1-13-17(21)7-4-8-18(13)22-19(25)12-23(14(2)24)10-9-15-5-3-6-16(20)11-15/h3-8,11H,9-10,12H2,1-2H3,(H,22,25). The SMILES string of the molecule is CC(=O)N(CCc1cccc(Cl)c1)CC(=O)Nc1cccc(Cl)c1C. The van der Waals surface area contributed by atoms with Gasteiger partial charge in [-0.3, -0.25) is 9.59 Å². The van der Waals surface area contributed by atoms with Gasteiger partial charge in [0.15, 0.2) is 0 Å². The lowest BCUT2D eigenvalue weighted by Crippen LogP contribution is -2.38. The maximum atomic E-state index is 12.3. The lowest BCUT2D eigenvalue weighted by molar-refractivity contribution is -0.132. The molecular weight excluding hydrogens is 359 g/mol. The van der Waals surface area contributed by atoms with Gasteiger partial charge in [-0.25, -0.2) is 0 Å². The summed E-state index contributed by atoms with van der Waals surface area (Å²) in [6, 6.07) is 12.8. The lowest BCUT2D eigenvalue weighted by Gasteiger charge is -2.21. The number of rotatable bonds is 6. The average molecular weight is 379 g/mol. The number of nitrogens with zero attached hydrogens (tertiary/aromatic N) is 1. The molecule has 0 fully saturated rings. The van der Waals surface area contributed by atoms with Crippen LogP contribution in [0.1, 0.15) is 18.1 Å². The molecule has 0 unspecified atom stereocenters. The van der Waals surface area contributed by atoms with Crippen LogP contribution in [0.5, 0.6) is 0 Å². The summed E-state index contributed by atoms with van der Waals surface area (Å²) in [6.07, 6.45) is 0.629. The van der Waals surface area contributed by atoms with Gasteiger partial charge in [0.1, 0.15) is 0 Å². The van der Waals surface area contributed by atoms with Crippen molar-refractivity contribution < 1.29 is 9.59 Å². The topological polar surface area (TPSA) is 49.4 Å². The Hall–Kier alpha value is -2.04. The average Bonchev–Trinajstić information content (AvgIpc) is 2.55. The monoisotopic (exact) mass is 378 g/mol. The fourth-order valence-electron chi connectivity index (χ4n) is 2.41. The van der Waals surface area contributed by atoms with E-state index < -0.39 is 0 Å². The molecular formula is C19H20Cl2N2O2. The van der Waals surface area contributed by atoms with E-state index in [1.807, 2.05) is 25.1 Å². The van der Waals surface area contributed by atoms with Gasteiger partial charge >= 0.3 is 0 Å². The van der Waals surface area contributed by atoms with Crippen LogP contribution in [0.4, 0.5) is 5.69 Å². The molecule has 2 aromatic rings. The molecule has 0 aromatic heterocycles. The van der Waals surface area contributed by atoms with Crippen LogP contribution in [0.2, 0.25) is 10.0 Å². The van der Waals surface area contributed by atoms with E-state index in [0.29, 0.717) is 28.7 Å². The zero-order valence-corrected chi connectivity index (χ0v) is 15.7. The first kappa shape index (κ1) is 19.3. The van der Waals surface area contributed by atoms with Crippen molar-refractivity contribution in [3.05, 3.63) is 63.6 Å². The highest BCUT2D eigenvalue weighted by atomic mass is 35.5. The van der Waals surface area contributed by atoms with Crippen LogP contribution < -0.4 is 5.32 Å². The van der Waals surface area contributed by atoms with E-state index in [-0.39, 0.29) is 18.4 Å². The molecule has 0 aliphatic carbocycles. The maximum Gasteiger partial charge on any atom is 0.244 e. The van der Waals surface area contributed by atoms with Gasteiger partial charge in [-0.2, -0.15) is 0 Å². The van der Waals surface area contributed by atoms with Crippen molar-refractivity contribution in [2.24, 2.45) is 0 Å². The van der Waals surface area contributed by atoms with E-state index in [2.05, 4.69) is 5.32 Å². The first-order valence-corrected chi connectivity index (χ1v) is 8.67. The number of nitrogens with one attached hydrogen (secondary N) is 1. The maximum absolute atomic E-state index is 12.3. The van der Waals surface area contributed by atoms with Gasteiger partial charge in [0.05, 0.1) is 6.54 Å². The smallest absolute Gasteiger partial charge is 0.244 e. The Labute approximate surface area is 157 Å². The number of anilines is 1. The van der Waals surface area contributed by atoms with Crippen molar-refractivity contribution in [1.29, 1.82) is 0 Å². The molecule has 0 radical (unpaired) electrons. The summed E-state index contributed by atoms with van der Waals surface area (Å²) in [5.41, 5.74) is 2.46. The minimum atomic E-state index is -0.258. The van der Waals surface area contributed by atoms with Crippen molar-refractivity contribution in [1.82, 2.24) is 4.90 Å². The summed E-state index contributed by atoms with van der Waals surface area (Å²) in [5.74, 6) is -0.411. The Bertz CT molecular complexity index is 778. The zero-order valence-electron chi connectivity index (χ0n) is 14.2. The van der Waals surface area contributed by atoms with Crippen LogP contribution in [0, 0.1) is 6.92 Å². The molecule has 6 heteroatoms. The Kier molecular flexibility index (Phi) is 6.85. The summed E-state index contributed by atoms with van der Waals surface area (Å²) < 4.78 is 0. The molecule has 0 saturated heterocycles. The third-order valence-corrected chi connectivity index (χ3v) is 4.53. The minimum absolute atomic E-state index is 0.0121. The van der Waals surface area contributed by atoms with E-state index in [1.165, 1.54) is 11.8 Å². The van der Waals surface area contributed by atoms with Gasteiger partial charge in [-0.05, 0) is 48.7 Å². The highest BCUT2D eigenvalue weighted by Gasteiger charge is 2.15. The second-order valence-electron chi connectivity index (χ2n) is 5.78. The third-order valence-electron chi connectivity index (χ3n) is 3.88. The molecule has 2 aromatic carbocycles. The van der Waals surface area contributed by atoms with Gasteiger partial charge in [0.25, 0.3) is 0 Å². The van der Waals surface area contributed by atoms with Gasteiger partial charge in [-0.15, -0.1) is 0 Å². The number of benzene rings is 2. The predicted molar refractivity (Wildman–Crippen MR) is 102 cm³/mol. The lowest BCUT2D eigenvalue weighted by atomic mass is 10.1. The van der Waals surface area contributed by atoms with Crippen molar-refractivity contribution in [2.45, 2.75) is 20.3 Å². The highest BCUT2D eigenvalue weighted by molar-refractivity contribution is 6.31. The van der Waals surface area contributed by atoms with Crippen molar-refractivity contribution in [2.75, 3.05) is 18.4 Å². The molecule has 2 rings (SSSR count). The molecule has 0 saturated carbocycles. The van der Waals surface area contributed by atoms with Gasteiger partial charge in [-0.1, -0.05) is 41.4 Å². The highest BCUT2D eigenvalue weighted by Crippen LogP contribution is 2.22. The summed E-state index contributed by atoms with van der Waals surface area (Å²) in [5, 5.41) is 4.04. The Morgan fingerprint density at radius 1 is 1.12 bits per heavy atom. The molecule has 25 heavy (non-hydrogen) atoms. The number of amides is 2. The van der Waals surface area contributed by atoms with E-state index in [0.717, 1.165) is 11.1 Å². The molecule has 132 valence electrons. The molecule has 0 atom stereocenters. The number of halogens is 2. The van der Waals surface area contributed by atoms with Gasteiger partial charge in [0, 0.05) is 29.2 Å². The van der Waals surface area contributed by atoms with Gasteiger partial charge < -0.3 is 10.2 Å². The summed E-state index contributed by atoms with van der Waals surface area (Å²) >= 11 is 12.0. The van der Waals surface area contributed by atoms with E-state index in [1.54, 1.807) is 24.3 Å². The van der Waals surface area contributed by atoms with Crippen molar-refractivity contribution >= 4 is 40.7 Å². The quantitative estimate of drug-likeness (QED) is 0.812.